The molecule has 1 aromatic carbocycles. The van der Waals surface area contributed by atoms with Crippen LogP contribution in [-0.4, -0.2) is 21.6 Å². The number of nitrogens with zero attached hydrogens (tertiary/aromatic N) is 3. The Hall–Kier alpha value is -2.95. The van der Waals surface area contributed by atoms with Gasteiger partial charge in [-0.1, -0.05) is 18.2 Å². The van der Waals surface area contributed by atoms with Crippen LogP contribution in [0.4, 0.5) is 0 Å². The fourth-order valence-corrected chi connectivity index (χ4v) is 1.94. The zero-order valence-corrected chi connectivity index (χ0v) is 12.1. The van der Waals surface area contributed by atoms with Gasteiger partial charge in [-0.2, -0.15) is 0 Å². The number of hydrogen-bond acceptors (Lipinski definition) is 5. The Morgan fingerprint density at radius 2 is 1.73 bits per heavy atom. The summed E-state index contributed by atoms with van der Waals surface area (Å²) in [6.45, 7) is 2.46. The molecule has 3 rings (SSSR count). The molecule has 2 aromatic heterocycles. The maximum atomic E-state index is 5.78. The van der Waals surface area contributed by atoms with Crippen molar-refractivity contribution in [3.8, 4) is 28.6 Å². The van der Waals surface area contributed by atoms with Gasteiger partial charge in [0.1, 0.15) is 11.5 Å². The minimum absolute atomic E-state index is 0.495. The summed E-state index contributed by atoms with van der Waals surface area (Å²) in [6.07, 6.45) is 6.64. The normalized spacial score (nSPS) is 10.2. The van der Waals surface area contributed by atoms with Crippen molar-refractivity contribution in [2.24, 2.45) is 0 Å². The maximum Gasteiger partial charge on any atom is 0.232 e. The predicted molar refractivity (Wildman–Crippen MR) is 82.9 cm³/mol. The summed E-state index contributed by atoms with van der Waals surface area (Å²) in [5.74, 6) is 1.90. The van der Waals surface area contributed by atoms with Crippen LogP contribution in [0.2, 0.25) is 0 Å². The van der Waals surface area contributed by atoms with E-state index in [0.717, 1.165) is 11.3 Å². The summed E-state index contributed by atoms with van der Waals surface area (Å²) in [4.78, 5) is 12.7. The Kier molecular flexibility index (Phi) is 4.25. The first-order valence-electron chi connectivity index (χ1n) is 6.98. The van der Waals surface area contributed by atoms with E-state index in [1.54, 1.807) is 24.8 Å². The van der Waals surface area contributed by atoms with Gasteiger partial charge in [0.05, 0.1) is 30.9 Å². The van der Waals surface area contributed by atoms with Crippen molar-refractivity contribution in [2.45, 2.75) is 6.92 Å². The van der Waals surface area contributed by atoms with E-state index < -0.39 is 0 Å². The van der Waals surface area contributed by atoms with E-state index in [4.69, 9.17) is 9.47 Å². The minimum atomic E-state index is 0.495. The van der Waals surface area contributed by atoms with E-state index in [1.807, 2.05) is 43.3 Å². The Morgan fingerprint density at radius 3 is 2.55 bits per heavy atom. The molecule has 0 atom stereocenters. The van der Waals surface area contributed by atoms with Crippen molar-refractivity contribution in [3.05, 3.63) is 61.2 Å². The van der Waals surface area contributed by atoms with Gasteiger partial charge in [-0.15, -0.1) is 0 Å². The summed E-state index contributed by atoms with van der Waals surface area (Å²) in [5, 5.41) is 0. The predicted octanol–water partition coefficient (Wildman–Crippen LogP) is 3.73. The molecule has 0 N–H and O–H groups in total. The first kappa shape index (κ1) is 14.0. The number of para-hydroxylation sites is 1. The molecule has 22 heavy (non-hydrogen) atoms. The van der Waals surface area contributed by atoms with E-state index in [0.29, 0.717) is 23.9 Å². The smallest absolute Gasteiger partial charge is 0.232 e. The lowest BCUT2D eigenvalue weighted by Crippen LogP contribution is -1.96. The third-order valence-corrected chi connectivity index (χ3v) is 2.89. The Morgan fingerprint density at radius 1 is 0.909 bits per heavy atom. The highest BCUT2D eigenvalue weighted by Gasteiger charge is 2.05. The Bertz CT molecular complexity index is 748. The van der Waals surface area contributed by atoms with Crippen molar-refractivity contribution in [1.82, 2.24) is 15.0 Å². The number of ether oxygens (including phenoxy) is 2. The lowest BCUT2D eigenvalue weighted by molar-refractivity contribution is 0.325. The van der Waals surface area contributed by atoms with E-state index in [9.17, 15) is 0 Å². The molecule has 0 aliphatic rings. The molecule has 0 bridgehead atoms. The molecule has 5 nitrogen and oxygen atoms in total. The number of aromatic nitrogens is 3. The van der Waals surface area contributed by atoms with Crippen molar-refractivity contribution in [1.29, 1.82) is 0 Å². The number of hydrogen-bond donors (Lipinski definition) is 0. The topological polar surface area (TPSA) is 57.1 Å². The molecule has 0 unspecified atom stereocenters. The average molecular weight is 293 g/mol. The first-order chi connectivity index (χ1) is 10.8. The van der Waals surface area contributed by atoms with Gasteiger partial charge in [0.25, 0.3) is 0 Å². The maximum absolute atomic E-state index is 5.78. The summed E-state index contributed by atoms with van der Waals surface area (Å²) < 4.78 is 11.1. The third-order valence-electron chi connectivity index (χ3n) is 2.89. The fourth-order valence-electron chi connectivity index (χ4n) is 1.94. The summed E-state index contributed by atoms with van der Waals surface area (Å²) in [6, 6.07) is 11.4. The van der Waals surface area contributed by atoms with Crippen LogP contribution in [0.5, 0.6) is 17.4 Å². The van der Waals surface area contributed by atoms with Gasteiger partial charge in [-0.3, -0.25) is 9.97 Å². The lowest BCUT2D eigenvalue weighted by Gasteiger charge is -2.07. The zero-order valence-electron chi connectivity index (χ0n) is 12.1. The second-order valence-electron chi connectivity index (χ2n) is 4.50. The van der Waals surface area contributed by atoms with Crippen molar-refractivity contribution < 1.29 is 9.47 Å². The van der Waals surface area contributed by atoms with E-state index >= 15 is 0 Å². The number of rotatable bonds is 5. The molecular weight excluding hydrogens is 278 g/mol. The number of pyridine rings is 1. The quantitative estimate of drug-likeness (QED) is 0.717. The van der Waals surface area contributed by atoms with Gasteiger partial charge in [0, 0.05) is 11.8 Å². The third kappa shape index (κ3) is 3.38. The molecule has 0 amide bonds. The Labute approximate surface area is 128 Å². The molecule has 2 heterocycles. The molecule has 0 fully saturated rings. The van der Waals surface area contributed by atoms with Gasteiger partial charge < -0.3 is 9.47 Å². The van der Waals surface area contributed by atoms with Gasteiger partial charge in [-0.25, -0.2) is 4.98 Å². The van der Waals surface area contributed by atoms with Crippen LogP contribution in [0.15, 0.2) is 61.2 Å². The van der Waals surface area contributed by atoms with Crippen molar-refractivity contribution in [2.75, 3.05) is 6.61 Å². The SMILES string of the molecule is CCOc1cncc(-c2cncc(Oc3ccccc3)c2)n1. The Balaban J connectivity index is 1.86. The van der Waals surface area contributed by atoms with Crippen LogP contribution >= 0.6 is 0 Å². The molecule has 0 saturated heterocycles. The van der Waals surface area contributed by atoms with Crippen LogP contribution in [-0.2, 0) is 0 Å². The molecule has 5 heteroatoms. The zero-order chi connectivity index (χ0) is 15.2. The molecule has 110 valence electrons. The summed E-state index contributed by atoms with van der Waals surface area (Å²) >= 11 is 0. The highest BCUT2D eigenvalue weighted by Crippen LogP contribution is 2.25. The molecule has 0 saturated carbocycles. The van der Waals surface area contributed by atoms with E-state index in [2.05, 4.69) is 15.0 Å². The van der Waals surface area contributed by atoms with Crippen LogP contribution in [0.3, 0.4) is 0 Å². The van der Waals surface area contributed by atoms with E-state index in [-0.39, 0.29) is 0 Å². The standard InChI is InChI=1S/C17H15N3O2/c1-2-21-17-12-19-11-16(20-17)13-8-15(10-18-9-13)22-14-6-4-3-5-7-14/h3-12H,2H2,1H3. The molecule has 3 aromatic rings. The molecule has 0 aliphatic heterocycles. The molecule has 0 spiro atoms. The van der Waals surface area contributed by atoms with E-state index in [1.165, 1.54) is 0 Å². The minimum Gasteiger partial charge on any atom is -0.477 e. The van der Waals surface area contributed by atoms with Gasteiger partial charge in [-0.05, 0) is 25.1 Å². The monoisotopic (exact) mass is 293 g/mol. The second-order valence-corrected chi connectivity index (χ2v) is 4.50. The van der Waals surface area contributed by atoms with Gasteiger partial charge >= 0.3 is 0 Å². The highest BCUT2D eigenvalue weighted by molar-refractivity contribution is 5.59. The van der Waals surface area contributed by atoms with Crippen molar-refractivity contribution in [3.63, 3.8) is 0 Å². The lowest BCUT2D eigenvalue weighted by atomic mass is 10.2. The van der Waals surface area contributed by atoms with Crippen LogP contribution in [0.1, 0.15) is 6.92 Å². The average Bonchev–Trinajstić information content (AvgIpc) is 2.57. The largest absolute Gasteiger partial charge is 0.477 e. The van der Waals surface area contributed by atoms with Crippen molar-refractivity contribution >= 4 is 0 Å². The van der Waals surface area contributed by atoms with Gasteiger partial charge in [0.2, 0.25) is 5.88 Å². The van der Waals surface area contributed by atoms with Crippen LogP contribution < -0.4 is 9.47 Å². The van der Waals surface area contributed by atoms with Crippen LogP contribution in [0, 0.1) is 0 Å². The highest BCUT2D eigenvalue weighted by atomic mass is 16.5. The molecular formula is C17H15N3O2. The summed E-state index contributed by atoms with van der Waals surface area (Å²) in [5.41, 5.74) is 1.51. The fraction of sp³-hybridized carbons (Fsp3) is 0.118. The number of benzene rings is 1. The molecule has 0 radical (unpaired) electrons. The van der Waals surface area contributed by atoms with Crippen LogP contribution in [0.25, 0.3) is 11.3 Å². The first-order valence-corrected chi connectivity index (χ1v) is 6.98. The summed E-state index contributed by atoms with van der Waals surface area (Å²) in [7, 11) is 0. The second kappa shape index (κ2) is 6.67. The molecule has 0 aliphatic carbocycles. The van der Waals surface area contributed by atoms with Gasteiger partial charge in [0.15, 0.2) is 0 Å².